The third kappa shape index (κ3) is 4.44. The zero-order valence-corrected chi connectivity index (χ0v) is 18.4. The molecule has 0 bridgehead atoms. The first kappa shape index (κ1) is 22.9. The largest absolute Gasteiger partial charge is 0.483 e. The molecular weight excluding hydrogens is 445 g/mol. The molecule has 2 N–H and O–H groups in total. The van der Waals surface area contributed by atoms with Crippen molar-refractivity contribution in [2.24, 2.45) is 5.92 Å². The summed E-state index contributed by atoms with van der Waals surface area (Å²) in [5.74, 6) is 0.243. The van der Waals surface area contributed by atoms with Gasteiger partial charge in [0.15, 0.2) is 9.73 Å². The molecule has 0 aromatic heterocycles. The Bertz CT molecular complexity index is 998. The number of alkyl halides is 3. The highest BCUT2D eigenvalue weighted by molar-refractivity contribution is 7.93. The number of carbonyl (C=O) groups is 2. The van der Waals surface area contributed by atoms with E-state index in [1.54, 1.807) is 15.9 Å². The molecule has 3 amide bonds. The summed E-state index contributed by atoms with van der Waals surface area (Å²) in [4.78, 5) is 27.5. The molecule has 11 heteroatoms. The van der Waals surface area contributed by atoms with Crippen LogP contribution < -0.4 is 5.32 Å². The molecule has 1 aromatic rings. The number of hydrogen-bond acceptors (Lipinski definition) is 4. The van der Waals surface area contributed by atoms with Crippen LogP contribution in [-0.2, 0) is 20.9 Å². The number of likely N-dealkylation sites (tertiary alicyclic amines) is 2. The van der Waals surface area contributed by atoms with Crippen LogP contribution in [0, 0.1) is 10.7 Å². The summed E-state index contributed by atoms with van der Waals surface area (Å²) >= 11 is 0. The first-order chi connectivity index (χ1) is 15.0. The van der Waals surface area contributed by atoms with Crippen molar-refractivity contribution in [1.82, 2.24) is 15.1 Å². The SMILES string of the molecule is N=S(=O)(c1cccc(CC2CCN(C(=O)N3CC4(CCCC(=O)N4)C3)CC2)c1)C(F)(F)F. The highest BCUT2D eigenvalue weighted by atomic mass is 32.2. The van der Waals surface area contributed by atoms with Crippen LogP contribution in [0.5, 0.6) is 0 Å². The van der Waals surface area contributed by atoms with E-state index in [2.05, 4.69) is 5.32 Å². The number of nitrogens with one attached hydrogen (secondary N) is 2. The number of halogens is 3. The van der Waals surface area contributed by atoms with Crippen LogP contribution >= 0.6 is 0 Å². The second-order valence-electron chi connectivity index (χ2n) is 9.10. The van der Waals surface area contributed by atoms with Crippen molar-refractivity contribution in [3.05, 3.63) is 29.8 Å². The maximum absolute atomic E-state index is 12.9. The van der Waals surface area contributed by atoms with Gasteiger partial charge in [-0.3, -0.25) is 4.79 Å². The van der Waals surface area contributed by atoms with E-state index in [1.165, 1.54) is 12.1 Å². The monoisotopic (exact) mass is 472 g/mol. The van der Waals surface area contributed by atoms with E-state index < -0.39 is 20.1 Å². The van der Waals surface area contributed by atoms with Crippen molar-refractivity contribution in [2.75, 3.05) is 26.2 Å². The lowest BCUT2D eigenvalue weighted by atomic mass is 9.81. The second-order valence-corrected chi connectivity index (χ2v) is 11.2. The van der Waals surface area contributed by atoms with E-state index in [0.29, 0.717) is 44.6 Å². The molecule has 3 aliphatic rings. The van der Waals surface area contributed by atoms with Gasteiger partial charge < -0.3 is 15.1 Å². The molecule has 3 saturated heterocycles. The summed E-state index contributed by atoms with van der Waals surface area (Å²) < 4.78 is 58.0. The maximum atomic E-state index is 12.9. The predicted octanol–water partition coefficient (Wildman–Crippen LogP) is 3.34. The molecule has 0 aliphatic carbocycles. The van der Waals surface area contributed by atoms with Crippen LogP contribution in [0.1, 0.15) is 37.7 Å². The smallest absolute Gasteiger partial charge is 0.347 e. The van der Waals surface area contributed by atoms with Crippen molar-refractivity contribution < 1.29 is 27.0 Å². The summed E-state index contributed by atoms with van der Waals surface area (Å²) in [5, 5.41) is 3.02. The van der Waals surface area contributed by atoms with Gasteiger partial charge in [-0.05, 0) is 55.7 Å². The molecule has 1 unspecified atom stereocenters. The van der Waals surface area contributed by atoms with Crippen molar-refractivity contribution in [3.63, 3.8) is 0 Å². The molecular formula is C21H27F3N4O3S. The first-order valence-electron chi connectivity index (χ1n) is 10.8. The second kappa shape index (κ2) is 8.24. The van der Waals surface area contributed by atoms with Crippen LogP contribution in [0.15, 0.2) is 29.2 Å². The summed E-state index contributed by atoms with van der Waals surface area (Å²) in [6.07, 6.45) is 4.24. The third-order valence-electron chi connectivity index (χ3n) is 6.69. The lowest BCUT2D eigenvalue weighted by molar-refractivity contribution is -0.128. The van der Waals surface area contributed by atoms with Crippen LogP contribution in [0.3, 0.4) is 0 Å². The van der Waals surface area contributed by atoms with Crippen LogP contribution in [0.4, 0.5) is 18.0 Å². The van der Waals surface area contributed by atoms with E-state index in [0.717, 1.165) is 31.7 Å². The van der Waals surface area contributed by atoms with E-state index in [4.69, 9.17) is 4.78 Å². The normalized spacial score (nSPS) is 23.4. The van der Waals surface area contributed by atoms with Gasteiger partial charge in [-0.2, -0.15) is 13.2 Å². The average molecular weight is 473 g/mol. The molecule has 3 heterocycles. The van der Waals surface area contributed by atoms with Gasteiger partial charge in [0.05, 0.1) is 10.4 Å². The van der Waals surface area contributed by atoms with Gasteiger partial charge in [0, 0.05) is 32.6 Å². The average Bonchev–Trinajstić information content (AvgIpc) is 2.71. The summed E-state index contributed by atoms with van der Waals surface area (Å²) in [6.45, 7) is 2.21. The number of hydrogen-bond donors (Lipinski definition) is 2. The molecule has 3 fully saturated rings. The Morgan fingerprint density at radius 1 is 1.22 bits per heavy atom. The topological polar surface area (TPSA) is 93.6 Å². The van der Waals surface area contributed by atoms with Gasteiger partial charge in [-0.15, -0.1) is 0 Å². The quantitative estimate of drug-likeness (QED) is 0.707. The van der Waals surface area contributed by atoms with Crippen LogP contribution in [-0.4, -0.2) is 63.2 Å². The Morgan fingerprint density at radius 3 is 2.53 bits per heavy atom. The molecule has 4 rings (SSSR count). The van der Waals surface area contributed by atoms with E-state index in [-0.39, 0.29) is 23.4 Å². The molecule has 1 spiro atoms. The number of rotatable bonds is 3. The zero-order valence-electron chi connectivity index (χ0n) is 17.6. The number of nitrogens with zero attached hydrogens (tertiary/aromatic N) is 2. The van der Waals surface area contributed by atoms with Crippen LogP contribution in [0.2, 0.25) is 0 Å². The number of urea groups is 1. The lowest BCUT2D eigenvalue weighted by Gasteiger charge is -2.53. The molecule has 3 aliphatic heterocycles. The Kier molecular flexibility index (Phi) is 5.89. The van der Waals surface area contributed by atoms with Gasteiger partial charge in [0.2, 0.25) is 5.91 Å². The maximum Gasteiger partial charge on any atom is 0.483 e. The number of carbonyl (C=O) groups excluding carboxylic acids is 2. The van der Waals surface area contributed by atoms with Crippen molar-refractivity contribution in [1.29, 1.82) is 4.78 Å². The Hall–Kier alpha value is -2.30. The van der Waals surface area contributed by atoms with Crippen molar-refractivity contribution >= 4 is 21.7 Å². The molecule has 176 valence electrons. The number of amides is 3. The Balaban J connectivity index is 1.29. The first-order valence-corrected chi connectivity index (χ1v) is 12.3. The zero-order chi connectivity index (χ0) is 23.1. The number of benzene rings is 1. The Labute approximate surface area is 185 Å². The molecule has 0 radical (unpaired) electrons. The standard InChI is InChI=1S/C21H27F3N4O3S/c22-21(23,24)32(25,31)17-4-1-3-16(12-17)11-15-6-9-27(10-7-15)19(30)28-13-20(14-28)8-2-5-18(29)26-20/h1,3-4,12,15,25H,2,5-11,13-14H2,(H,26,29). The molecule has 1 atom stereocenters. The minimum Gasteiger partial charge on any atom is -0.347 e. The lowest BCUT2D eigenvalue weighted by Crippen LogP contribution is -2.73. The minimum atomic E-state index is -5.10. The van der Waals surface area contributed by atoms with Gasteiger partial charge in [0.1, 0.15) is 0 Å². The van der Waals surface area contributed by atoms with Gasteiger partial charge in [-0.1, -0.05) is 12.1 Å². The minimum absolute atomic E-state index is 0.0324. The van der Waals surface area contributed by atoms with Gasteiger partial charge >= 0.3 is 11.5 Å². The molecule has 7 nitrogen and oxygen atoms in total. The fourth-order valence-corrected chi connectivity index (χ4v) is 5.77. The van der Waals surface area contributed by atoms with Gasteiger partial charge in [0.25, 0.3) is 0 Å². The molecule has 1 aromatic carbocycles. The predicted molar refractivity (Wildman–Crippen MR) is 111 cm³/mol. The summed E-state index contributed by atoms with van der Waals surface area (Å²) in [6, 6.07) is 5.37. The van der Waals surface area contributed by atoms with Crippen LogP contribution in [0.25, 0.3) is 0 Å². The van der Waals surface area contributed by atoms with E-state index >= 15 is 0 Å². The summed E-state index contributed by atoms with van der Waals surface area (Å²) in [7, 11) is -4.87. The van der Waals surface area contributed by atoms with Crippen molar-refractivity contribution in [3.8, 4) is 0 Å². The highest BCUT2D eigenvalue weighted by Crippen LogP contribution is 2.33. The fraction of sp³-hybridized carbons (Fsp3) is 0.619. The third-order valence-corrected chi connectivity index (χ3v) is 8.26. The highest BCUT2D eigenvalue weighted by Gasteiger charge is 2.48. The fourth-order valence-electron chi connectivity index (χ4n) is 4.91. The molecule has 32 heavy (non-hydrogen) atoms. The van der Waals surface area contributed by atoms with E-state index in [1.807, 2.05) is 0 Å². The summed E-state index contributed by atoms with van der Waals surface area (Å²) in [5.41, 5.74) is -4.75. The number of piperidine rings is 2. The van der Waals surface area contributed by atoms with Gasteiger partial charge in [-0.25, -0.2) is 13.8 Å². The molecule has 0 saturated carbocycles. The van der Waals surface area contributed by atoms with E-state index in [9.17, 15) is 27.0 Å². The Morgan fingerprint density at radius 2 is 1.91 bits per heavy atom. The van der Waals surface area contributed by atoms with Crippen molar-refractivity contribution in [2.45, 2.75) is 54.5 Å².